The van der Waals surface area contributed by atoms with E-state index in [1.165, 1.54) is 0 Å². The Labute approximate surface area is 162 Å². The van der Waals surface area contributed by atoms with Gasteiger partial charge in [0.2, 0.25) is 17.7 Å². The molecule has 3 amide bonds. The standard InChI is InChI=1S/C20H22N4O4/c21-16(5-7-18(22)25)20(27)23-14-3-1-2-12(8-14)11-28-15-4-6-17-13(9-15)10-19(26)24-17/h1-4,6,8-9,16H,5,7,10-11,21H2,(H2,22,25)(H,23,27)(H,24,26)/t16-/m0/s1. The lowest BCUT2D eigenvalue weighted by molar-refractivity contribution is -0.119. The third-order valence-electron chi connectivity index (χ3n) is 4.34. The number of ether oxygens (including phenoxy) is 1. The molecular formula is C20H22N4O4. The Bertz CT molecular complexity index is 913. The first kappa shape index (κ1) is 19.4. The molecule has 0 unspecified atom stereocenters. The van der Waals surface area contributed by atoms with Gasteiger partial charge in [-0.2, -0.15) is 0 Å². The van der Waals surface area contributed by atoms with Gasteiger partial charge in [0.1, 0.15) is 12.4 Å². The number of carbonyl (C=O) groups is 3. The van der Waals surface area contributed by atoms with Crippen LogP contribution < -0.4 is 26.8 Å². The van der Waals surface area contributed by atoms with Crippen LogP contribution in [0, 0.1) is 0 Å². The first-order chi connectivity index (χ1) is 13.4. The van der Waals surface area contributed by atoms with Crippen molar-refractivity contribution in [3.05, 3.63) is 53.6 Å². The van der Waals surface area contributed by atoms with Crippen LogP contribution in [0.4, 0.5) is 11.4 Å². The second-order valence-electron chi connectivity index (χ2n) is 6.63. The van der Waals surface area contributed by atoms with Crippen LogP contribution in [-0.2, 0) is 27.4 Å². The highest BCUT2D eigenvalue weighted by Crippen LogP contribution is 2.27. The molecule has 0 fully saturated rings. The van der Waals surface area contributed by atoms with Gasteiger partial charge in [-0.25, -0.2) is 0 Å². The molecule has 0 saturated carbocycles. The molecule has 8 heteroatoms. The molecule has 146 valence electrons. The van der Waals surface area contributed by atoms with Crippen LogP contribution in [0.25, 0.3) is 0 Å². The lowest BCUT2D eigenvalue weighted by atomic mass is 10.1. The first-order valence-corrected chi connectivity index (χ1v) is 8.90. The predicted octanol–water partition coefficient (Wildman–Crippen LogP) is 1.29. The van der Waals surface area contributed by atoms with Crippen LogP contribution in [-0.4, -0.2) is 23.8 Å². The summed E-state index contributed by atoms with van der Waals surface area (Å²) >= 11 is 0. The Morgan fingerprint density at radius 2 is 2.04 bits per heavy atom. The van der Waals surface area contributed by atoms with Crippen molar-refractivity contribution in [3.63, 3.8) is 0 Å². The Kier molecular flexibility index (Phi) is 5.90. The van der Waals surface area contributed by atoms with Crippen LogP contribution in [0.2, 0.25) is 0 Å². The van der Waals surface area contributed by atoms with E-state index in [1.807, 2.05) is 18.2 Å². The third-order valence-corrected chi connectivity index (χ3v) is 4.34. The molecule has 0 bridgehead atoms. The maximum absolute atomic E-state index is 12.1. The summed E-state index contributed by atoms with van der Waals surface area (Å²) in [5, 5.41) is 5.50. The van der Waals surface area contributed by atoms with Gasteiger partial charge in [-0.3, -0.25) is 14.4 Å². The van der Waals surface area contributed by atoms with E-state index < -0.39 is 11.9 Å². The molecular weight excluding hydrogens is 360 g/mol. The van der Waals surface area contributed by atoms with E-state index in [1.54, 1.807) is 24.3 Å². The van der Waals surface area contributed by atoms with Gasteiger partial charge < -0.3 is 26.8 Å². The molecule has 1 heterocycles. The number of benzene rings is 2. The fourth-order valence-corrected chi connectivity index (χ4v) is 2.86. The number of rotatable bonds is 8. The zero-order valence-corrected chi connectivity index (χ0v) is 15.2. The minimum atomic E-state index is -0.810. The molecule has 0 saturated heterocycles. The second kappa shape index (κ2) is 8.53. The van der Waals surface area contributed by atoms with Gasteiger partial charge in [0.25, 0.3) is 0 Å². The third kappa shape index (κ3) is 5.08. The van der Waals surface area contributed by atoms with E-state index in [9.17, 15) is 14.4 Å². The molecule has 1 aliphatic rings. The number of nitrogens with one attached hydrogen (secondary N) is 2. The highest BCUT2D eigenvalue weighted by Gasteiger charge is 2.18. The summed E-state index contributed by atoms with van der Waals surface area (Å²) < 4.78 is 5.80. The highest BCUT2D eigenvalue weighted by molar-refractivity contribution is 5.99. The molecule has 8 nitrogen and oxygen atoms in total. The van der Waals surface area contributed by atoms with Gasteiger partial charge in [0.05, 0.1) is 12.5 Å². The van der Waals surface area contributed by atoms with Gasteiger partial charge in [-0.15, -0.1) is 0 Å². The monoisotopic (exact) mass is 382 g/mol. The first-order valence-electron chi connectivity index (χ1n) is 8.90. The number of hydrogen-bond acceptors (Lipinski definition) is 5. The average Bonchev–Trinajstić information content (AvgIpc) is 3.03. The molecule has 0 radical (unpaired) electrons. The van der Waals surface area contributed by atoms with Gasteiger partial charge in [-0.1, -0.05) is 12.1 Å². The molecule has 3 rings (SSSR count). The van der Waals surface area contributed by atoms with Gasteiger partial charge >= 0.3 is 0 Å². The molecule has 0 aliphatic carbocycles. The van der Waals surface area contributed by atoms with Crippen molar-refractivity contribution in [2.75, 3.05) is 10.6 Å². The Balaban J connectivity index is 1.56. The van der Waals surface area contributed by atoms with E-state index in [0.29, 0.717) is 24.5 Å². The minimum Gasteiger partial charge on any atom is -0.489 e. The number of anilines is 2. The summed E-state index contributed by atoms with van der Waals surface area (Å²) in [5.41, 5.74) is 14.0. The van der Waals surface area contributed by atoms with Crippen molar-refractivity contribution in [3.8, 4) is 5.75 Å². The van der Waals surface area contributed by atoms with Crippen LogP contribution in [0.3, 0.4) is 0 Å². The molecule has 2 aromatic rings. The zero-order chi connectivity index (χ0) is 20.1. The second-order valence-corrected chi connectivity index (χ2v) is 6.63. The van der Waals surface area contributed by atoms with E-state index in [2.05, 4.69) is 10.6 Å². The average molecular weight is 382 g/mol. The smallest absolute Gasteiger partial charge is 0.241 e. The van der Waals surface area contributed by atoms with Gasteiger partial charge in [-0.05, 0) is 47.9 Å². The van der Waals surface area contributed by atoms with Crippen LogP contribution in [0.1, 0.15) is 24.0 Å². The van der Waals surface area contributed by atoms with Crippen LogP contribution in [0.15, 0.2) is 42.5 Å². The summed E-state index contributed by atoms with van der Waals surface area (Å²) in [7, 11) is 0. The van der Waals surface area contributed by atoms with Crippen molar-refractivity contribution in [2.45, 2.75) is 31.9 Å². The Morgan fingerprint density at radius 3 is 2.82 bits per heavy atom. The number of hydrogen-bond donors (Lipinski definition) is 4. The lowest BCUT2D eigenvalue weighted by Gasteiger charge is -2.13. The molecule has 1 aliphatic heterocycles. The van der Waals surface area contributed by atoms with Crippen molar-refractivity contribution in [1.82, 2.24) is 0 Å². The van der Waals surface area contributed by atoms with Gasteiger partial charge in [0, 0.05) is 17.8 Å². The molecule has 1 atom stereocenters. The van der Waals surface area contributed by atoms with Crippen molar-refractivity contribution in [2.24, 2.45) is 11.5 Å². The van der Waals surface area contributed by atoms with Crippen molar-refractivity contribution in [1.29, 1.82) is 0 Å². The van der Waals surface area contributed by atoms with Gasteiger partial charge in [0.15, 0.2) is 0 Å². The summed E-state index contributed by atoms with van der Waals surface area (Å²) in [6, 6.07) is 11.9. The number of amides is 3. The molecule has 2 aromatic carbocycles. The maximum Gasteiger partial charge on any atom is 0.241 e. The lowest BCUT2D eigenvalue weighted by Crippen LogP contribution is -2.36. The predicted molar refractivity (Wildman–Crippen MR) is 105 cm³/mol. The Morgan fingerprint density at radius 1 is 1.21 bits per heavy atom. The molecule has 6 N–H and O–H groups in total. The molecule has 28 heavy (non-hydrogen) atoms. The van der Waals surface area contributed by atoms with E-state index in [0.717, 1.165) is 16.8 Å². The molecule has 0 aromatic heterocycles. The maximum atomic E-state index is 12.1. The normalized spacial score (nSPS) is 13.4. The van der Waals surface area contributed by atoms with Crippen LogP contribution in [0.5, 0.6) is 5.75 Å². The summed E-state index contributed by atoms with van der Waals surface area (Å²) in [4.78, 5) is 34.3. The number of nitrogens with two attached hydrogens (primary N) is 2. The highest BCUT2D eigenvalue weighted by atomic mass is 16.5. The number of fused-ring (bicyclic) bond motifs is 1. The summed E-state index contributed by atoms with van der Waals surface area (Å²) in [6.45, 7) is 0.303. The SMILES string of the molecule is NC(=O)CC[C@H](N)C(=O)Nc1cccc(COc2ccc3c(c2)CC(=O)N3)c1. The number of primary amides is 1. The quantitative estimate of drug-likeness (QED) is 0.545. The summed E-state index contributed by atoms with van der Waals surface area (Å²) in [5.74, 6) is -0.230. The Hall–Kier alpha value is -3.39. The number of carbonyl (C=O) groups excluding carboxylic acids is 3. The van der Waals surface area contributed by atoms with Crippen LogP contribution >= 0.6 is 0 Å². The topological polar surface area (TPSA) is 137 Å². The van der Waals surface area contributed by atoms with Crippen molar-refractivity contribution < 1.29 is 19.1 Å². The minimum absolute atomic E-state index is 0.0235. The van der Waals surface area contributed by atoms with E-state index >= 15 is 0 Å². The van der Waals surface area contributed by atoms with E-state index in [4.69, 9.17) is 16.2 Å². The fourth-order valence-electron chi connectivity index (χ4n) is 2.86. The van der Waals surface area contributed by atoms with E-state index in [-0.39, 0.29) is 24.7 Å². The van der Waals surface area contributed by atoms with Crippen molar-refractivity contribution >= 4 is 29.1 Å². The zero-order valence-electron chi connectivity index (χ0n) is 15.2. The fraction of sp³-hybridized carbons (Fsp3) is 0.250. The largest absolute Gasteiger partial charge is 0.489 e. The molecule has 0 spiro atoms. The summed E-state index contributed by atoms with van der Waals surface area (Å²) in [6.07, 6.45) is 0.605.